The van der Waals surface area contributed by atoms with Crippen molar-refractivity contribution in [3.63, 3.8) is 0 Å². The molecule has 5 aromatic rings. The third kappa shape index (κ3) is 4.21. The van der Waals surface area contributed by atoms with Gasteiger partial charge in [0.25, 0.3) is 0 Å². The predicted molar refractivity (Wildman–Crippen MR) is 124 cm³/mol. The van der Waals surface area contributed by atoms with Crippen LogP contribution >= 0.6 is 0 Å². The van der Waals surface area contributed by atoms with Crippen molar-refractivity contribution in [2.24, 2.45) is 0 Å². The van der Waals surface area contributed by atoms with Gasteiger partial charge in [-0.25, -0.2) is 4.98 Å². The summed E-state index contributed by atoms with van der Waals surface area (Å²) in [5.74, 6) is 1.41. The van der Waals surface area contributed by atoms with Gasteiger partial charge in [0.05, 0.1) is 0 Å². The first-order valence-electron chi connectivity index (χ1n) is 10.2. The average Bonchev–Trinajstić information content (AvgIpc) is 3.35. The van der Waals surface area contributed by atoms with Crippen molar-refractivity contribution in [1.82, 2.24) is 20.2 Å². The summed E-state index contributed by atoms with van der Waals surface area (Å²) in [5.41, 5.74) is 6.44. The second-order valence-electron chi connectivity index (χ2n) is 7.21. The molecule has 0 aliphatic carbocycles. The third-order valence-corrected chi connectivity index (χ3v) is 5.13. The van der Waals surface area contributed by atoms with Gasteiger partial charge in [-0.2, -0.15) is 5.10 Å². The highest BCUT2D eigenvalue weighted by Crippen LogP contribution is 2.29. The van der Waals surface area contributed by atoms with E-state index in [-0.39, 0.29) is 0 Å². The van der Waals surface area contributed by atoms with E-state index in [4.69, 9.17) is 4.98 Å². The topological polar surface area (TPSA) is 66.5 Å². The molecule has 0 fully saturated rings. The van der Waals surface area contributed by atoms with E-state index in [1.807, 2.05) is 60.7 Å². The van der Waals surface area contributed by atoms with Gasteiger partial charge in [0.2, 0.25) is 0 Å². The summed E-state index contributed by atoms with van der Waals surface area (Å²) in [6.07, 6.45) is 3.60. The Morgan fingerprint density at radius 3 is 2.32 bits per heavy atom. The van der Waals surface area contributed by atoms with Gasteiger partial charge in [-0.1, -0.05) is 60.7 Å². The van der Waals surface area contributed by atoms with Crippen molar-refractivity contribution >= 4 is 5.69 Å². The normalized spacial score (nSPS) is 10.7. The van der Waals surface area contributed by atoms with Crippen molar-refractivity contribution in [1.29, 1.82) is 0 Å². The first-order chi connectivity index (χ1) is 15.4. The molecule has 2 heterocycles. The number of benzene rings is 3. The average molecular weight is 403 g/mol. The Hall–Kier alpha value is -4.25. The first-order valence-corrected chi connectivity index (χ1v) is 10.2. The van der Waals surface area contributed by atoms with Crippen molar-refractivity contribution in [3.05, 3.63) is 109 Å². The maximum absolute atomic E-state index is 4.78. The van der Waals surface area contributed by atoms with Crippen LogP contribution in [0.3, 0.4) is 0 Å². The first kappa shape index (κ1) is 18.8. The third-order valence-electron chi connectivity index (χ3n) is 5.13. The Balaban J connectivity index is 1.42. The van der Waals surface area contributed by atoms with E-state index in [1.165, 1.54) is 11.1 Å². The van der Waals surface area contributed by atoms with E-state index in [1.54, 1.807) is 12.4 Å². The Morgan fingerprint density at radius 2 is 1.45 bits per heavy atom. The highest BCUT2D eigenvalue weighted by Gasteiger charge is 2.12. The Morgan fingerprint density at radius 1 is 0.710 bits per heavy atom. The predicted octanol–water partition coefficient (Wildman–Crippen LogP) is 5.81. The highest BCUT2D eigenvalue weighted by atomic mass is 15.2. The summed E-state index contributed by atoms with van der Waals surface area (Å²) in [6, 6.07) is 30.7. The minimum atomic E-state index is 0.678. The Labute approximate surface area is 180 Å². The van der Waals surface area contributed by atoms with Crippen LogP contribution in [0.1, 0.15) is 5.56 Å². The molecule has 150 valence electrons. The smallest absolute Gasteiger partial charge is 0.181 e. The molecule has 0 unspecified atom stereocenters. The van der Waals surface area contributed by atoms with Crippen LogP contribution in [-0.4, -0.2) is 20.2 Å². The van der Waals surface area contributed by atoms with Crippen LogP contribution in [0.5, 0.6) is 0 Å². The van der Waals surface area contributed by atoms with Gasteiger partial charge in [0.15, 0.2) is 11.6 Å². The molecule has 3 aromatic carbocycles. The SMILES string of the molecule is c1ccc(-c2cccc(-c3n[nH]c(-c4ccccc4NCc4ccncc4)n3)c2)cc1. The second-order valence-corrected chi connectivity index (χ2v) is 7.21. The molecule has 5 heteroatoms. The van der Waals surface area contributed by atoms with E-state index in [9.17, 15) is 0 Å². The standard InChI is InChI=1S/C26H21N5/c1-2-7-20(8-3-1)21-9-6-10-22(17-21)25-29-26(31-30-25)23-11-4-5-12-24(23)28-18-19-13-15-27-16-14-19/h1-17,28H,18H2,(H,29,30,31). The largest absolute Gasteiger partial charge is 0.380 e. The summed E-state index contributed by atoms with van der Waals surface area (Å²) < 4.78 is 0. The molecule has 0 radical (unpaired) electrons. The molecule has 0 amide bonds. The van der Waals surface area contributed by atoms with Gasteiger partial charge >= 0.3 is 0 Å². The molecule has 2 aromatic heterocycles. The van der Waals surface area contributed by atoms with Gasteiger partial charge in [-0.3, -0.25) is 10.1 Å². The summed E-state index contributed by atoms with van der Waals surface area (Å²) in [4.78, 5) is 8.86. The monoisotopic (exact) mass is 403 g/mol. The molecule has 0 atom stereocenters. The van der Waals surface area contributed by atoms with Gasteiger partial charge in [-0.05, 0) is 47.0 Å². The van der Waals surface area contributed by atoms with E-state index in [0.29, 0.717) is 12.4 Å². The number of H-pyrrole nitrogens is 1. The maximum atomic E-state index is 4.78. The lowest BCUT2D eigenvalue weighted by molar-refractivity contribution is 1.09. The molecule has 0 bridgehead atoms. The number of pyridine rings is 1. The molecule has 2 N–H and O–H groups in total. The number of para-hydroxylation sites is 1. The quantitative estimate of drug-likeness (QED) is 0.375. The minimum Gasteiger partial charge on any atom is -0.380 e. The minimum absolute atomic E-state index is 0.678. The Bertz CT molecular complexity index is 1280. The van der Waals surface area contributed by atoms with Crippen molar-refractivity contribution in [2.45, 2.75) is 6.54 Å². The molecule has 0 aliphatic heterocycles. The summed E-state index contributed by atoms with van der Waals surface area (Å²) in [7, 11) is 0. The van der Waals surface area contributed by atoms with Crippen LogP contribution in [0.2, 0.25) is 0 Å². The summed E-state index contributed by atoms with van der Waals surface area (Å²) >= 11 is 0. The molecule has 0 saturated carbocycles. The lowest BCUT2D eigenvalue weighted by Gasteiger charge is -2.10. The molecule has 0 aliphatic rings. The van der Waals surface area contributed by atoms with Crippen LogP contribution in [0.25, 0.3) is 33.9 Å². The van der Waals surface area contributed by atoms with Gasteiger partial charge in [-0.15, -0.1) is 0 Å². The fourth-order valence-electron chi connectivity index (χ4n) is 3.52. The van der Waals surface area contributed by atoms with E-state index >= 15 is 0 Å². The van der Waals surface area contributed by atoms with Crippen LogP contribution in [0.15, 0.2) is 103 Å². The fraction of sp³-hybridized carbons (Fsp3) is 0.0385. The molecule has 0 saturated heterocycles. The molecule has 31 heavy (non-hydrogen) atoms. The number of nitrogens with one attached hydrogen (secondary N) is 2. The van der Waals surface area contributed by atoms with Crippen LogP contribution in [0, 0.1) is 0 Å². The van der Waals surface area contributed by atoms with Crippen molar-refractivity contribution < 1.29 is 0 Å². The van der Waals surface area contributed by atoms with Gasteiger partial charge < -0.3 is 5.32 Å². The molecular weight excluding hydrogens is 382 g/mol. The second kappa shape index (κ2) is 8.63. The number of nitrogens with zero attached hydrogens (tertiary/aromatic N) is 3. The van der Waals surface area contributed by atoms with E-state index in [0.717, 1.165) is 28.2 Å². The lowest BCUT2D eigenvalue weighted by atomic mass is 10.0. The Kier molecular flexibility index (Phi) is 5.22. The summed E-state index contributed by atoms with van der Waals surface area (Å²) in [5, 5.41) is 11.1. The number of aromatic nitrogens is 4. The number of anilines is 1. The zero-order valence-electron chi connectivity index (χ0n) is 16.9. The van der Waals surface area contributed by atoms with Crippen LogP contribution < -0.4 is 5.32 Å². The van der Waals surface area contributed by atoms with E-state index in [2.05, 4.69) is 50.8 Å². The van der Waals surface area contributed by atoms with E-state index < -0.39 is 0 Å². The molecular formula is C26H21N5. The zero-order valence-corrected chi connectivity index (χ0v) is 16.9. The number of aromatic amines is 1. The fourth-order valence-corrected chi connectivity index (χ4v) is 3.52. The number of hydrogen-bond donors (Lipinski definition) is 2. The summed E-state index contributed by atoms with van der Waals surface area (Å²) in [6.45, 7) is 0.708. The van der Waals surface area contributed by atoms with Crippen LogP contribution in [0.4, 0.5) is 5.69 Å². The van der Waals surface area contributed by atoms with Crippen molar-refractivity contribution in [2.75, 3.05) is 5.32 Å². The number of rotatable bonds is 6. The molecule has 5 nitrogen and oxygen atoms in total. The zero-order chi connectivity index (χ0) is 20.9. The van der Waals surface area contributed by atoms with Gasteiger partial charge in [0, 0.05) is 35.8 Å². The highest BCUT2D eigenvalue weighted by molar-refractivity contribution is 5.75. The lowest BCUT2D eigenvalue weighted by Crippen LogP contribution is -2.01. The molecule has 0 spiro atoms. The van der Waals surface area contributed by atoms with Crippen LogP contribution in [-0.2, 0) is 6.54 Å². The van der Waals surface area contributed by atoms with Gasteiger partial charge in [0.1, 0.15) is 0 Å². The maximum Gasteiger partial charge on any atom is 0.181 e. The molecule has 5 rings (SSSR count). The number of hydrogen-bond acceptors (Lipinski definition) is 4. The van der Waals surface area contributed by atoms with Crippen molar-refractivity contribution in [3.8, 4) is 33.9 Å².